The highest BCUT2D eigenvalue weighted by atomic mass is 16.3. The smallest absolute Gasteiger partial charge is 0.319 e. The van der Waals surface area contributed by atoms with Crippen molar-refractivity contribution in [3.63, 3.8) is 0 Å². The molecule has 4 nitrogen and oxygen atoms in total. The van der Waals surface area contributed by atoms with Gasteiger partial charge in [0.25, 0.3) is 0 Å². The van der Waals surface area contributed by atoms with Gasteiger partial charge in [-0.2, -0.15) is 0 Å². The maximum Gasteiger partial charge on any atom is 0.319 e. The first-order chi connectivity index (χ1) is 11.0. The summed E-state index contributed by atoms with van der Waals surface area (Å²) in [7, 11) is 0. The second kappa shape index (κ2) is 7.79. The lowest BCUT2D eigenvalue weighted by Crippen LogP contribution is -2.33. The van der Waals surface area contributed by atoms with E-state index in [1.54, 1.807) is 0 Å². The highest BCUT2D eigenvalue weighted by Crippen LogP contribution is 2.27. The van der Waals surface area contributed by atoms with Crippen molar-refractivity contribution in [3.8, 4) is 0 Å². The molecule has 0 aliphatic carbocycles. The predicted octanol–water partition coefficient (Wildman–Crippen LogP) is 3.97. The number of urea groups is 1. The summed E-state index contributed by atoms with van der Waals surface area (Å²) in [6.45, 7) is 6.33. The SMILES string of the molecule is Cc1cccc(C(C)C)c1NC(=O)NC[C@@H](O)c1ccccc1. The molecule has 0 fully saturated rings. The Balaban J connectivity index is 1.98. The van der Waals surface area contributed by atoms with E-state index in [-0.39, 0.29) is 12.6 Å². The van der Waals surface area contributed by atoms with Crippen LogP contribution in [0, 0.1) is 6.92 Å². The van der Waals surface area contributed by atoms with Crippen LogP contribution in [0.15, 0.2) is 48.5 Å². The normalized spacial score (nSPS) is 12.0. The van der Waals surface area contributed by atoms with Gasteiger partial charge in [0.15, 0.2) is 0 Å². The van der Waals surface area contributed by atoms with E-state index >= 15 is 0 Å². The fourth-order valence-corrected chi connectivity index (χ4v) is 2.48. The lowest BCUT2D eigenvalue weighted by molar-refractivity contribution is 0.175. The lowest BCUT2D eigenvalue weighted by Gasteiger charge is -2.18. The monoisotopic (exact) mass is 312 g/mol. The number of hydrogen-bond acceptors (Lipinski definition) is 2. The van der Waals surface area contributed by atoms with E-state index in [9.17, 15) is 9.90 Å². The lowest BCUT2D eigenvalue weighted by atomic mass is 9.98. The van der Waals surface area contributed by atoms with Crippen LogP contribution in [-0.2, 0) is 0 Å². The summed E-state index contributed by atoms with van der Waals surface area (Å²) in [4.78, 5) is 12.1. The summed E-state index contributed by atoms with van der Waals surface area (Å²) in [5.74, 6) is 0.320. The van der Waals surface area contributed by atoms with Gasteiger partial charge >= 0.3 is 6.03 Å². The van der Waals surface area contributed by atoms with E-state index in [0.717, 1.165) is 22.4 Å². The zero-order valence-corrected chi connectivity index (χ0v) is 13.8. The minimum atomic E-state index is -0.719. The van der Waals surface area contributed by atoms with Gasteiger partial charge in [0.2, 0.25) is 0 Å². The zero-order valence-electron chi connectivity index (χ0n) is 13.8. The molecule has 0 spiro atoms. The van der Waals surface area contributed by atoms with Crippen LogP contribution in [0.2, 0.25) is 0 Å². The fourth-order valence-electron chi connectivity index (χ4n) is 2.48. The molecule has 2 aromatic rings. The van der Waals surface area contributed by atoms with Gasteiger partial charge in [-0.05, 0) is 29.5 Å². The number of benzene rings is 2. The maximum atomic E-state index is 12.1. The van der Waals surface area contributed by atoms with Gasteiger partial charge in [-0.15, -0.1) is 0 Å². The summed E-state index contributed by atoms with van der Waals surface area (Å²) in [5.41, 5.74) is 3.75. The molecule has 2 amide bonds. The van der Waals surface area contributed by atoms with Crippen molar-refractivity contribution in [2.45, 2.75) is 32.8 Å². The van der Waals surface area contributed by atoms with Crippen LogP contribution in [0.5, 0.6) is 0 Å². The number of amides is 2. The Morgan fingerprint density at radius 2 is 1.78 bits per heavy atom. The van der Waals surface area contributed by atoms with E-state index < -0.39 is 6.10 Å². The van der Waals surface area contributed by atoms with Crippen LogP contribution in [-0.4, -0.2) is 17.7 Å². The second-order valence-corrected chi connectivity index (χ2v) is 5.96. The number of rotatable bonds is 5. The Hall–Kier alpha value is -2.33. The van der Waals surface area contributed by atoms with E-state index in [4.69, 9.17) is 0 Å². The first kappa shape index (κ1) is 17.0. The largest absolute Gasteiger partial charge is 0.387 e. The number of carbonyl (C=O) groups is 1. The first-order valence-corrected chi connectivity index (χ1v) is 7.86. The number of carbonyl (C=O) groups excluding carboxylic acids is 1. The average molecular weight is 312 g/mol. The molecular formula is C19H24N2O2. The van der Waals surface area contributed by atoms with Crippen molar-refractivity contribution in [3.05, 3.63) is 65.2 Å². The molecule has 0 saturated heterocycles. The van der Waals surface area contributed by atoms with Gasteiger partial charge in [0, 0.05) is 12.2 Å². The molecule has 1 atom stereocenters. The fraction of sp³-hybridized carbons (Fsp3) is 0.316. The molecule has 0 aliphatic heterocycles. The molecule has 0 aliphatic rings. The van der Waals surface area contributed by atoms with Crippen molar-refractivity contribution < 1.29 is 9.90 Å². The number of aryl methyl sites for hydroxylation is 1. The molecule has 0 aromatic heterocycles. The van der Waals surface area contributed by atoms with E-state index in [1.165, 1.54) is 0 Å². The zero-order chi connectivity index (χ0) is 16.8. The Morgan fingerprint density at radius 3 is 2.43 bits per heavy atom. The third-order valence-electron chi connectivity index (χ3n) is 3.81. The van der Waals surface area contributed by atoms with Crippen molar-refractivity contribution in [2.75, 3.05) is 11.9 Å². The second-order valence-electron chi connectivity index (χ2n) is 5.96. The van der Waals surface area contributed by atoms with Crippen LogP contribution in [0.4, 0.5) is 10.5 Å². The highest BCUT2D eigenvalue weighted by molar-refractivity contribution is 5.91. The molecular weight excluding hydrogens is 288 g/mol. The van der Waals surface area contributed by atoms with Gasteiger partial charge in [0.05, 0.1) is 6.10 Å². The topological polar surface area (TPSA) is 61.4 Å². The highest BCUT2D eigenvalue weighted by Gasteiger charge is 2.13. The van der Waals surface area contributed by atoms with Gasteiger partial charge in [-0.1, -0.05) is 62.4 Å². The first-order valence-electron chi connectivity index (χ1n) is 7.86. The molecule has 0 radical (unpaired) electrons. The summed E-state index contributed by atoms with van der Waals surface area (Å²) >= 11 is 0. The van der Waals surface area contributed by atoms with Crippen molar-refractivity contribution in [1.82, 2.24) is 5.32 Å². The number of nitrogens with one attached hydrogen (secondary N) is 2. The van der Waals surface area contributed by atoms with Crippen molar-refractivity contribution in [1.29, 1.82) is 0 Å². The summed E-state index contributed by atoms with van der Waals surface area (Å²) in [6, 6.07) is 15.0. The number of hydrogen-bond donors (Lipinski definition) is 3. The third-order valence-corrected chi connectivity index (χ3v) is 3.81. The molecule has 2 aromatic carbocycles. The summed E-state index contributed by atoms with van der Waals surface area (Å²) < 4.78 is 0. The third kappa shape index (κ3) is 4.57. The van der Waals surface area contributed by atoms with Crippen LogP contribution in [0.25, 0.3) is 0 Å². The van der Waals surface area contributed by atoms with Crippen molar-refractivity contribution in [2.24, 2.45) is 0 Å². The molecule has 0 bridgehead atoms. The predicted molar refractivity (Wildman–Crippen MR) is 93.7 cm³/mol. The van der Waals surface area contributed by atoms with Crippen molar-refractivity contribution >= 4 is 11.7 Å². The Labute approximate surface area is 137 Å². The van der Waals surface area contributed by atoms with Gasteiger partial charge in [-0.25, -0.2) is 4.79 Å². The van der Waals surface area contributed by atoms with Gasteiger partial charge in [-0.3, -0.25) is 0 Å². The van der Waals surface area contributed by atoms with Crippen LogP contribution in [0.3, 0.4) is 0 Å². The number of para-hydroxylation sites is 1. The minimum Gasteiger partial charge on any atom is -0.387 e. The van der Waals surface area contributed by atoms with Gasteiger partial charge < -0.3 is 15.7 Å². The molecule has 3 N–H and O–H groups in total. The van der Waals surface area contributed by atoms with Crippen LogP contribution < -0.4 is 10.6 Å². The molecule has 0 saturated carbocycles. The van der Waals surface area contributed by atoms with E-state index in [1.807, 2.05) is 55.5 Å². The summed E-state index contributed by atoms with van der Waals surface area (Å²) in [6.07, 6.45) is -0.719. The van der Waals surface area contributed by atoms with E-state index in [0.29, 0.717) is 5.92 Å². The number of aliphatic hydroxyl groups excluding tert-OH is 1. The summed E-state index contributed by atoms with van der Waals surface area (Å²) in [5, 5.41) is 15.7. The molecule has 0 heterocycles. The Morgan fingerprint density at radius 1 is 1.09 bits per heavy atom. The number of anilines is 1. The quantitative estimate of drug-likeness (QED) is 0.782. The Bertz CT molecular complexity index is 654. The maximum absolute atomic E-state index is 12.1. The number of aliphatic hydroxyl groups is 1. The molecule has 4 heteroatoms. The molecule has 0 unspecified atom stereocenters. The van der Waals surface area contributed by atoms with E-state index in [2.05, 4.69) is 24.5 Å². The minimum absolute atomic E-state index is 0.165. The van der Waals surface area contributed by atoms with Gasteiger partial charge in [0.1, 0.15) is 0 Å². The molecule has 2 rings (SSSR count). The molecule has 23 heavy (non-hydrogen) atoms. The van der Waals surface area contributed by atoms with Crippen LogP contribution >= 0.6 is 0 Å². The average Bonchev–Trinajstić information content (AvgIpc) is 2.55. The van der Waals surface area contributed by atoms with Crippen LogP contribution in [0.1, 0.15) is 42.6 Å². The standard InChI is InChI=1S/C19H24N2O2/c1-13(2)16-11-7-8-14(3)18(16)21-19(23)20-12-17(22)15-9-5-4-6-10-15/h4-11,13,17,22H,12H2,1-3H3,(H2,20,21,23)/t17-/m1/s1. The Kier molecular flexibility index (Phi) is 5.77. The molecule has 122 valence electrons.